The summed E-state index contributed by atoms with van der Waals surface area (Å²) in [5.74, 6) is 1.46. The number of hydrogen-bond acceptors (Lipinski definition) is 2. The van der Waals surface area contributed by atoms with Crippen LogP contribution in [0.15, 0.2) is 24.3 Å². The van der Waals surface area contributed by atoms with Gasteiger partial charge in [0.15, 0.2) is 0 Å². The predicted octanol–water partition coefficient (Wildman–Crippen LogP) is 3.09. The first-order chi connectivity index (χ1) is 7.63. The minimum atomic E-state index is -0.766. The minimum Gasteiger partial charge on any atom is -0.496 e. The molecule has 1 N–H and O–H groups in total. The van der Waals surface area contributed by atoms with Crippen LogP contribution in [0.2, 0.25) is 0 Å². The van der Waals surface area contributed by atoms with E-state index in [0.717, 1.165) is 17.7 Å². The van der Waals surface area contributed by atoms with Gasteiger partial charge in [0.05, 0.1) is 12.7 Å². The molecule has 1 fully saturated rings. The Hall–Kier alpha value is -1.02. The van der Waals surface area contributed by atoms with Crippen molar-refractivity contribution in [2.24, 2.45) is 5.92 Å². The molecule has 0 aliphatic heterocycles. The van der Waals surface area contributed by atoms with Crippen LogP contribution in [0.25, 0.3) is 0 Å². The molecule has 0 heterocycles. The normalized spacial score (nSPS) is 19.9. The Bertz CT molecular complexity index is 354. The zero-order valence-electron chi connectivity index (χ0n) is 10.1. The van der Waals surface area contributed by atoms with Gasteiger partial charge in [-0.1, -0.05) is 37.5 Å². The molecule has 1 aliphatic rings. The van der Waals surface area contributed by atoms with Crippen molar-refractivity contribution >= 4 is 0 Å². The van der Waals surface area contributed by atoms with Gasteiger partial charge in [0.2, 0.25) is 0 Å². The molecule has 1 unspecified atom stereocenters. The van der Waals surface area contributed by atoms with Crippen LogP contribution in [0.4, 0.5) is 0 Å². The van der Waals surface area contributed by atoms with Gasteiger partial charge in [-0.2, -0.15) is 0 Å². The first-order valence-electron chi connectivity index (χ1n) is 5.99. The summed E-state index contributed by atoms with van der Waals surface area (Å²) in [4.78, 5) is 0. The number of methoxy groups -OCH3 is 1. The van der Waals surface area contributed by atoms with Gasteiger partial charge in [0.1, 0.15) is 5.75 Å². The maximum absolute atomic E-state index is 10.6. The Labute approximate surface area is 97.3 Å². The highest BCUT2D eigenvalue weighted by molar-refractivity contribution is 5.37. The molecule has 88 valence electrons. The quantitative estimate of drug-likeness (QED) is 0.845. The van der Waals surface area contributed by atoms with Crippen molar-refractivity contribution in [2.45, 2.75) is 38.2 Å². The number of rotatable bonds is 4. The lowest BCUT2D eigenvalue weighted by Gasteiger charge is -2.34. The third-order valence-corrected chi connectivity index (χ3v) is 3.60. The highest BCUT2D eigenvalue weighted by Crippen LogP contribution is 2.40. The van der Waals surface area contributed by atoms with Crippen molar-refractivity contribution in [3.63, 3.8) is 0 Å². The number of ether oxygens (including phenoxy) is 1. The van der Waals surface area contributed by atoms with E-state index in [9.17, 15) is 5.11 Å². The van der Waals surface area contributed by atoms with Gasteiger partial charge in [0, 0.05) is 5.56 Å². The van der Waals surface area contributed by atoms with E-state index in [-0.39, 0.29) is 0 Å². The van der Waals surface area contributed by atoms with Crippen molar-refractivity contribution < 1.29 is 9.84 Å². The van der Waals surface area contributed by atoms with E-state index >= 15 is 0 Å². The Morgan fingerprint density at radius 2 is 2.06 bits per heavy atom. The number of para-hydroxylation sites is 1. The van der Waals surface area contributed by atoms with Gasteiger partial charge in [-0.25, -0.2) is 0 Å². The van der Waals surface area contributed by atoms with E-state index in [4.69, 9.17) is 4.74 Å². The average molecular weight is 220 g/mol. The van der Waals surface area contributed by atoms with Crippen molar-refractivity contribution in [2.75, 3.05) is 7.11 Å². The maximum Gasteiger partial charge on any atom is 0.124 e. The van der Waals surface area contributed by atoms with Crippen molar-refractivity contribution in [1.82, 2.24) is 0 Å². The van der Waals surface area contributed by atoms with Crippen LogP contribution in [0.3, 0.4) is 0 Å². The van der Waals surface area contributed by atoms with Gasteiger partial charge in [-0.05, 0) is 25.3 Å². The molecule has 0 amide bonds. The molecule has 2 nitrogen and oxygen atoms in total. The van der Waals surface area contributed by atoms with Gasteiger partial charge in [0.25, 0.3) is 0 Å². The summed E-state index contributed by atoms with van der Waals surface area (Å²) < 4.78 is 5.30. The first kappa shape index (κ1) is 11.5. The third-order valence-electron chi connectivity index (χ3n) is 3.60. The molecule has 1 saturated carbocycles. The van der Waals surface area contributed by atoms with E-state index in [2.05, 4.69) is 0 Å². The topological polar surface area (TPSA) is 29.5 Å². The van der Waals surface area contributed by atoms with Gasteiger partial charge in [-0.3, -0.25) is 0 Å². The Morgan fingerprint density at radius 3 is 2.62 bits per heavy atom. The van der Waals surface area contributed by atoms with E-state index in [1.165, 1.54) is 19.3 Å². The summed E-state index contributed by atoms with van der Waals surface area (Å²) >= 11 is 0. The molecule has 0 aromatic heterocycles. The Kier molecular flexibility index (Phi) is 3.20. The molecular weight excluding hydrogens is 200 g/mol. The maximum atomic E-state index is 10.6. The van der Waals surface area contributed by atoms with Crippen LogP contribution in [-0.4, -0.2) is 12.2 Å². The van der Waals surface area contributed by atoms with E-state index in [1.807, 2.05) is 31.2 Å². The third kappa shape index (κ3) is 2.22. The molecule has 0 radical (unpaired) electrons. The van der Waals surface area contributed by atoms with Crippen LogP contribution < -0.4 is 4.74 Å². The van der Waals surface area contributed by atoms with Crippen LogP contribution >= 0.6 is 0 Å². The molecule has 1 atom stereocenters. The largest absolute Gasteiger partial charge is 0.496 e. The van der Waals surface area contributed by atoms with Gasteiger partial charge >= 0.3 is 0 Å². The number of hydrogen-bond donors (Lipinski definition) is 1. The molecule has 0 bridgehead atoms. The van der Waals surface area contributed by atoms with Crippen molar-refractivity contribution in [3.05, 3.63) is 29.8 Å². The van der Waals surface area contributed by atoms with Gasteiger partial charge < -0.3 is 9.84 Å². The number of aliphatic hydroxyl groups is 1. The second-order valence-electron chi connectivity index (χ2n) is 4.98. The monoisotopic (exact) mass is 220 g/mol. The van der Waals surface area contributed by atoms with Crippen molar-refractivity contribution in [1.29, 1.82) is 0 Å². The predicted molar refractivity (Wildman–Crippen MR) is 64.5 cm³/mol. The minimum absolute atomic E-state index is 0.680. The highest BCUT2D eigenvalue weighted by Gasteiger charge is 2.32. The molecule has 0 saturated heterocycles. The van der Waals surface area contributed by atoms with Crippen LogP contribution in [0.1, 0.15) is 38.2 Å². The first-order valence-corrected chi connectivity index (χ1v) is 5.99. The lowest BCUT2D eigenvalue weighted by molar-refractivity contribution is 0.0142. The van der Waals surface area contributed by atoms with E-state index < -0.39 is 5.60 Å². The Balaban J connectivity index is 2.19. The molecule has 16 heavy (non-hydrogen) atoms. The summed E-state index contributed by atoms with van der Waals surface area (Å²) in [6.07, 6.45) is 4.66. The van der Waals surface area contributed by atoms with E-state index in [1.54, 1.807) is 7.11 Å². The van der Waals surface area contributed by atoms with Crippen LogP contribution in [-0.2, 0) is 5.60 Å². The lowest BCUT2D eigenvalue weighted by atomic mass is 9.75. The lowest BCUT2D eigenvalue weighted by Crippen LogP contribution is -2.28. The molecule has 1 aliphatic carbocycles. The highest BCUT2D eigenvalue weighted by atomic mass is 16.5. The molecular formula is C14H20O2. The summed E-state index contributed by atoms with van der Waals surface area (Å²) in [5.41, 5.74) is 0.141. The summed E-state index contributed by atoms with van der Waals surface area (Å²) in [5, 5.41) is 10.6. The zero-order chi connectivity index (χ0) is 11.6. The van der Waals surface area contributed by atoms with Crippen LogP contribution in [0.5, 0.6) is 5.75 Å². The standard InChI is InChI=1S/C14H20O2/c1-14(15,10-11-6-5-7-11)12-8-3-4-9-13(12)16-2/h3-4,8-9,11,15H,5-7,10H2,1-2H3. The second-order valence-corrected chi connectivity index (χ2v) is 4.98. The molecule has 0 spiro atoms. The van der Waals surface area contributed by atoms with Crippen molar-refractivity contribution in [3.8, 4) is 5.75 Å². The molecule has 1 aromatic rings. The molecule has 1 aromatic carbocycles. The smallest absolute Gasteiger partial charge is 0.124 e. The zero-order valence-corrected chi connectivity index (χ0v) is 10.1. The fourth-order valence-electron chi connectivity index (χ4n) is 2.46. The van der Waals surface area contributed by atoms with Gasteiger partial charge in [-0.15, -0.1) is 0 Å². The summed E-state index contributed by atoms with van der Waals surface area (Å²) in [6.45, 7) is 1.89. The summed E-state index contributed by atoms with van der Waals surface area (Å²) in [6, 6.07) is 7.75. The molecule has 2 rings (SSSR count). The number of benzene rings is 1. The molecule has 2 heteroatoms. The SMILES string of the molecule is COc1ccccc1C(C)(O)CC1CCC1. The fourth-order valence-corrected chi connectivity index (χ4v) is 2.46. The second kappa shape index (κ2) is 4.46. The van der Waals surface area contributed by atoms with E-state index in [0.29, 0.717) is 5.92 Å². The fraction of sp³-hybridized carbons (Fsp3) is 0.571. The Morgan fingerprint density at radius 1 is 1.38 bits per heavy atom. The average Bonchev–Trinajstić information content (AvgIpc) is 2.24. The van der Waals surface area contributed by atoms with Crippen LogP contribution in [0, 0.1) is 5.92 Å². The summed E-state index contributed by atoms with van der Waals surface area (Å²) in [7, 11) is 1.65.